The molecule has 1 unspecified atom stereocenters. The monoisotopic (exact) mass is 325 g/mol. The van der Waals surface area contributed by atoms with Crippen molar-refractivity contribution in [2.45, 2.75) is 13.0 Å². The van der Waals surface area contributed by atoms with Gasteiger partial charge in [-0.25, -0.2) is 9.18 Å². The summed E-state index contributed by atoms with van der Waals surface area (Å²) in [5.74, 6) is -1.24. The van der Waals surface area contributed by atoms with Crippen LogP contribution in [0.2, 0.25) is 0 Å². The molecule has 1 aromatic rings. The number of carbonyl (C=O) groups excluding carboxylic acids is 2. The normalized spacial score (nSPS) is 18.2. The third-order valence-electron chi connectivity index (χ3n) is 2.92. The van der Waals surface area contributed by atoms with Crippen molar-refractivity contribution in [3.05, 3.63) is 40.6 Å². The summed E-state index contributed by atoms with van der Waals surface area (Å²) >= 11 is 6.24. The average molecular weight is 325 g/mol. The second-order valence-electron chi connectivity index (χ2n) is 4.30. The van der Waals surface area contributed by atoms with Crippen molar-refractivity contribution in [3.8, 4) is 0 Å². The van der Waals surface area contributed by atoms with Gasteiger partial charge in [-0.2, -0.15) is 0 Å². The minimum atomic E-state index is -0.776. The molecule has 0 bridgehead atoms. The molecule has 1 atom stereocenters. The number of thiocarbonyl (C=S) groups is 1. The Morgan fingerprint density at radius 1 is 1.43 bits per heavy atom. The van der Waals surface area contributed by atoms with E-state index < -0.39 is 12.0 Å². The van der Waals surface area contributed by atoms with E-state index in [-0.39, 0.29) is 11.7 Å². The average Bonchev–Trinajstić information content (AvgIpc) is 2.74. The molecular weight excluding hydrogens is 313 g/mol. The van der Waals surface area contributed by atoms with Gasteiger partial charge in [-0.1, -0.05) is 36.1 Å². The molecule has 1 aliphatic rings. The van der Waals surface area contributed by atoms with Gasteiger partial charge in [0.25, 0.3) is 5.91 Å². The lowest BCUT2D eigenvalue weighted by Gasteiger charge is -2.20. The van der Waals surface area contributed by atoms with Gasteiger partial charge in [-0.3, -0.25) is 9.69 Å². The fraction of sp³-hybridized carbons (Fsp3) is 0.214. The van der Waals surface area contributed by atoms with Crippen LogP contribution in [-0.4, -0.2) is 34.2 Å². The highest BCUT2D eigenvalue weighted by atomic mass is 32.2. The van der Waals surface area contributed by atoms with E-state index in [9.17, 15) is 14.0 Å². The fourth-order valence-electron chi connectivity index (χ4n) is 1.80. The Hall–Kier alpha value is -1.73. The molecule has 1 fully saturated rings. The standard InChI is InChI=1S/C14H12FNO3S2/c1-8(13(18)19-2)16-12(17)11(21-14(16)20)7-9-3-5-10(15)6-4-9/h3-8H,1-2H3. The van der Waals surface area contributed by atoms with Gasteiger partial charge in [0.15, 0.2) is 0 Å². The summed E-state index contributed by atoms with van der Waals surface area (Å²) in [5, 5.41) is 0. The molecular formula is C14H12FNO3S2. The molecule has 2 rings (SSSR count). The van der Waals surface area contributed by atoms with Crippen LogP contribution in [0.5, 0.6) is 0 Å². The van der Waals surface area contributed by atoms with Crippen LogP contribution in [0.1, 0.15) is 12.5 Å². The molecule has 1 saturated heterocycles. The van der Waals surface area contributed by atoms with Crippen molar-refractivity contribution in [2.24, 2.45) is 0 Å². The van der Waals surface area contributed by atoms with Gasteiger partial charge in [0.05, 0.1) is 12.0 Å². The number of esters is 1. The van der Waals surface area contributed by atoms with E-state index in [2.05, 4.69) is 4.74 Å². The highest BCUT2D eigenvalue weighted by Gasteiger charge is 2.38. The number of rotatable bonds is 3. The van der Waals surface area contributed by atoms with E-state index in [1.54, 1.807) is 25.1 Å². The first-order chi connectivity index (χ1) is 9.93. The Balaban J connectivity index is 2.25. The number of halogens is 1. The molecule has 0 spiro atoms. The Morgan fingerprint density at radius 2 is 2.05 bits per heavy atom. The Kier molecular flexibility index (Phi) is 4.74. The second-order valence-corrected chi connectivity index (χ2v) is 5.98. The molecule has 1 aromatic carbocycles. The topological polar surface area (TPSA) is 46.6 Å². The van der Waals surface area contributed by atoms with Gasteiger partial charge in [0.1, 0.15) is 16.2 Å². The molecule has 0 radical (unpaired) electrons. The van der Waals surface area contributed by atoms with Crippen molar-refractivity contribution in [1.29, 1.82) is 0 Å². The number of methoxy groups -OCH3 is 1. The quantitative estimate of drug-likeness (QED) is 0.486. The zero-order chi connectivity index (χ0) is 15.6. The summed E-state index contributed by atoms with van der Waals surface area (Å²) in [5.41, 5.74) is 0.683. The number of hydrogen-bond donors (Lipinski definition) is 0. The van der Waals surface area contributed by atoms with Crippen LogP contribution in [0.4, 0.5) is 4.39 Å². The van der Waals surface area contributed by atoms with Gasteiger partial charge in [-0.05, 0) is 30.7 Å². The molecule has 1 aliphatic heterocycles. The van der Waals surface area contributed by atoms with Crippen LogP contribution in [0.25, 0.3) is 6.08 Å². The third-order valence-corrected chi connectivity index (χ3v) is 4.25. The van der Waals surface area contributed by atoms with Crippen molar-refractivity contribution in [2.75, 3.05) is 7.11 Å². The second kappa shape index (κ2) is 6.36. The number of nitrogens with zero attached hydrogens (tertiary/aromatic N) is 1. The van der Waals surface area contributed by atoms with E-state index in [1.165, 1.54) is 24.1 Å². The van der Waals surface area contributed by atoms with Gasteiger partial charge >= 0.3 is 5.97 Å². The maximum atomic E-state index is 12.9. The van der Waals surface area contributed by atoms with E-state index in [4.69, 9.17) is 12.2 Å². The number of thioether (sulfide) groups is 1. The minimum absolute atomic E-state index is 0.297. The number of benzene rings is 1. The molecule has 1 heterocycles. The van der Waals surface area contributed by atoms with Gasteiger partial charge in [-0.15, -0.1) is 0 Å². The van der Waals surface area contributed by atoms with Crippen LogP contribution in [0, 0.1) is 5.82 Å². The molecule has 0 saturated carbocycles. The van der Waals surface area contributed by atoms with Crippen molar-refractivity contribution < 1.29 is 18.7 Å². The summed E-state index contributed by atoms with van der Waals surface area (Å²) in [7, 11) is 1.25. The SMILES string of the molecule is COC(=O)C(C)N1C(=O)C(=Cc2ccc(F)cc2)SC1=S. The van der Waals surface area contributed by atoms with Gasteiger partial charge in [0, 0.05) is 0 Å². The maximum absolute atomic E-state index is 12.9. The maximum Gasteiger partial charge on any atom is 0.328 e. The molecule has 4 nitrogen and oxygen atoms in total. The molecule has 1 amide bonds. The van der Waals surface area contributed by atoms with Crippen molar-refractivity contribution >= 4 is 46.3 Å². The van der Waals surface area contributed by atoms with Gasteiger partial charge in [0.2, 0.25) is 0 Å². The Morgan fingerprint density at radius 3 is 2.62 bits per heavy atom. The Bertz CT molecular complexity index is 628. The predicted octanol–water partition coefficient (Wildman–Crippen LogP) is 2.59. The largest absolute Gasteiger partial charge is 0.467 e. The van der Waals surface area contributed by atoms with E-state index in [0.29, 0.717) is 14.8 Å². The first-order valence-corrected chi connectivity index (χ1v) is 7.27. The lowest BCUT2D eigenvalue weighted by atomic mass is 10.2. The highest BCUT2D eigenvalue weighted by molar-refractivity contribution is 8.26. The van der Waals surface area contributed by atoms with Crippen LogP contribution >= 0.6 is 24.0 Å². The molecule has 0 N–H and O–H groups in total. The number of hydrogen-bond acceptors (Lipinski definition) is 5. The Labute approximate surface area is 130 Å². The zero-order valence-corrected chi connectivity index (χ0v) is 13.0. The predicted molar refractivity (Wildman–Crippen MR) is 82.9 cm³/mol. The van der Waals surface area contributed by atoms with Crippen LogP contribution < -0.4 is 0 Å². The number of carbonyl (C=O) groups is 2. The molecule has 7 heteroatoms. The summed E-state index contributed by atoms with van der Waals surface area (Å²) in [6.45, 7) is 1.55. The molecule has 21 heavy (non-hydrogen) atoms. The van der Waals surface area contributed by atoms with Crippen LogP contribution in [-0.2, 0) is 14.3 Å². The summed E-state index contributed by atoms with van der Waals surface area (Å²) < 4.78 is 17.8. The zero-order valence-electron chi connectivity index (χ0n) is 11.3. The van der Waals surface area contributed by atoms with Gasteiger partial charge < -0.3 is 4.74 Å². The number of ether oxygens (including phenoxy) is 1. The van der Waals surface area contributed by atoms with Crippen LogP contribution in [0.15, 0.2) is 29.2 Å². The summed E-state index contributed by atoms with van der Waals surface area (Å²) in [4.78, 5) is 25.5. The van der Waals surface area contributed by atoms with E-state index in [1.807, 2.05) is 0 Å². The first kappa shape index (κ1) is 15.7. The minimum Gasteiger partial charge on any atom is -0.467 e. The number of amides is 1. The lowest BCUT2D eigenvalue weighted by molar-refractivity contribution is -0.147. The molecule has 0 aromatic heterocycles. The molecule has 0 aliphatic carbocycles. The third kappa shape index (κ3) is 3.30. The fourth-order valence-corrected chi connectivity index (χ4v) is 3.22. The lowest BCUT2D eigenvalue weighted by Crippen LogP contribution is -2.42. The van der Waals surface area contributed by atoms with E-state index >= 15 is 0 Å². The van der Waals surface area contributed by atoms with Crippen LogP contribution in [0.3, 0.4) is 0 Å². The summed E-state index contributed by atoms with van der Waals surface area (Å²) in [6, 6.07) is 4.96. The van der Waals surface area contributed by atoms with Crippen molar-refractivity contribution in [3.63, 3.8) is 0 Å². The summed E-state index contributed by atoms with van der Waals surface area (Å²) in [6.07, 6.45) is 1.61. The van der Waals surface area contributed by atoms with E-state index in [0.717, 1.165) is 11.8 Å². The first-order valence-electron chi connectivity index (χ1n) is 6.04. The highest BCUT2D eigenvalue weighted by Crippen LogP contribution is 2.34. The van der Waals surface area contributed by atoms with Crippen molar-refractivity contribution in [1.82, 2.24) is 4.90 Å². The smallest absolute Gasteiger partial charge is 0.328 e. The molecule has 110 valence electrons.